The van der Waals surface area contributed by atoms with E-state index in [0.29, 0.717) is 12.3 Å². The molecule has 0 radical (unpaired) electrons. The molecule has 0 aromatic carbocycles. The van der Waals surface area contributed by atoms with Crippen molar-refractivity contribution in [1.29, 1.82) is 0 Å². The number of aliphatic hydroxyl groups excluding tert-OH is 1. The fourth-order valence-electron chi connectivity index (χ4n) is 2.38. The minimum absolute atomic E-state index is 0.0243. The molecule has 2 unspecified atom stereocenters. The van der Waals surface area contributed by atoms with Crippen LogP contribution in [-0.4, -0.2) is 56.0 Å². The van der Waals surface area contributed by atoms with Crippen LogP contribution in [0, 0.1) is 5.92 Å². The number of aliphatic hydroxyl groups is 1. The van der Waals surface area contributed by atoms with Gasteiger partial charge in [-0.05, 0) is 37.9 Å². The zero-order chi connectivity index (χ0) is 14.9. The van der Waals surface area contributed by atoms with Crippen molar-refractivity contribution < 1.29 is 17.9 Å². The molecule has 0 aliphatic carbocycles. The van der Waals surface area contributed by atoms with E-state index in [4.69, 9.17) is 4.42 Å². The third-order valence-electron chi connectivity index (χ3n) is 3.74. The lowest BCUT2D eigenvalue weighted by molar-refractivity contribution is 0.126. The number of likely N-dealkylation sites (tertiary alicyclic amines) is 1. The summed E-state index contributed by atoms with van der Waals surface area (Å²) in [7, 11) is -0.551. The van der Waals surface area contributed by atoms with E-state index in [-0.39, 0.29) is 17.1 Å². The van der Waals surface area contributed by atoms with Gasteiger partial charge < -0.3 is 9.52 Å². The topological polar surface area (TPSA) is 74.0 Å². The van der Waals surface area contributed by atoms with Crippen molar-refractivity contribution in [2.75, 3.05) is 27.2 Å². The van der Waals surface area contributed by atoms with E-state index in [1.54, 1.807) is 6.07 Å². The van der Waals surface area contributed by atoms with Crippen LogP contribution in [0.15, 0.2) is 21.6 Å². The molecule has 0 saturated carbocycles. The number of hydrogen-bond donors (Lipinski definition) is 1. The third kappa shape index (κ3) is 3.22. The average molecular weight is 302 g/mol. The smallest absolute Gasteiger partial charge is 0.275 e. The Morgan fingerprint density at radius 1 is 1.50 bits per heavy atom. The fraction of sp³-hybridized carbons (Fsp3) is 0.692. The second kappa shape index (κ2) is 5.85. The zero-order valence-corrected chi connectivity index (χ0v) is 12.9. The molecule has 0 bridgehead atoms. The highest BCUT2D eigenvalue weighted by Gasteiger charge is 2.27. The second-order valence-electron chi connectivity index (χ2n) is 5.53. The van der Waals surface area contributed by atoms with Crippen molar-refractivity contribution in [1.82, 2.24) is 9.21 Å². The molecule has 114 valence electrons. The van der Waals surface area contributed by atoms with E-state index in [1.807, 2.05) is 6.92 Å². The maximum atomic E-state index is 11.9. The molecular formula is C13H22N2O4S. The first-order valence-corrected chi connectivity index (χ1v) is 8.16. The summed E-state index contributed by atoms with van der Waals surface area (Å²) in [5.41, 5.74) is 0. The van der Waals surface area contributed by atoms with Crippen LogP contribution in [-0.2, 0) is 16.6 Å². The van der Waals surface area contributed by atoms with Gasteiger partial charge in [0.25, 0.3) is 10.0 Å². The fourth-order valence-corrected chi connectivity index (χ4v) is 3.19. The van der Waals surface area contributed by atoms with Crippen molar-refractivity contribution in [2.45, 2.75) is 31.1 Å². The van der Waals surface area contributed by atoms with Crippen molar-refractivity contribution in [3.05, 3.63) is 17.9 Å². The number of sulfonamides is 1. The van der Waals surface area contributed by atoms with Crippen LogP contribution in [0.3, 0.4) is 0 Å². The maximum absolute atomic E-state index is 11.9. The summed E-state index contributed by atoms with van der Waals surface area (Å²) in [6, 6.07) is 3.19. The highest BCUT2D eigenvalue weighted by molar-refractivity contribution is 7.88. The van der Waals surface area contributed by atoms with Gasteiger partial charge in [-0.2, -0.15) is 0 Å². The van der Waals surface area contributed by atoms with Gasteiger partial charge in [0.2, 0.25) is 5.09 Å². The third-order valence-corrected chi connectivity index (χ3v) is 5.43. The van der Waals surface area contributed by atoms with E-state index < -0.39 is 10.0 Å². The highest BCUT2D eigenvalue weighted by atomic mass is 32.2. The first-order valence-electron chi connectivity index (χ1n) is 6.72. The molecule has 2 heterocycles. The van der Waals surface area contributed by atoms with E-state index in [0.717, 1.165) is 23.8 Å². The van der Waals surface area contributed by atoms with Gasteiger partial charge in [0.1, 0.15) is 5.76 Å². The average Bonchev–Trinajstić information content (AvgIpc) is 2.98. The molecule has 0 spiro atoms. The first-order chi connectivity index (χ1) is 9.30. The molecule has 2 rings (SSSR count). The number of furan rings is 1. The summed E-state index contributed by atoms with van der Waals surface area (Å²) in [6.45, 7) is 4.09. The summed E-state index contributed by atoms with van der Waals surface area (Å²) in [5.74, 6) is 0.923. The molecule has 1 aromatic heterocycles. The Morgan fingerprint density at radius 3 is 2.75 bits per heavy atom. The Morgan fingerprint density at radius 2 is 2.20 bits per heavy atom. The summed E-state index contributed by atoms with van der Waals surface area (Å²) in [6.07, 6.45) is 0.655. The van der Waals surface area contributed by atoms with E-state index in [9.17, 15) is 13.5 Å². The molecule has 1 saturated heterocycles. The van der Waals surface area contributed by atoms with Gasteiger partial charge in [-0.3, -0.25) is 4.90 Å². The van der Waals surface area contributed by atoms with Crippen LogP contribution in [0.5, 0.6) is 0 Å². The molecule has 6 nitrogen and oxygen atoms in total. The second-order valence-corrected chi connectivity index (χ2v) is 7.62. The Bertz CT molecular complexity index is 550. The molecular weight excluding hydrogens is 280 g/mol. The SMILES string of the molecule is CC(O)C1CCN(Cc2ccc(S(=O)(=O)N(C)C)o2)C1. The number of rotatable bonds is 5. The monoisotopic (exact) mass is 302 g/mol. The largest absolute Gasteiger partial charge is 0.447 e. The van der Waals surface area contributed by atoms with E-state index in [2.05, 4.69) is 4.90 Å². The van der Waals surface area contributed by atoms with Crippen LogP contribution in [0.4, 0.5) is 0 Å². The summed E-state index contributed by atoms with van der Waals surface area (Å²) in [4.78, 5) is 2.17. The lowest BCUT2D eigenvalue weighted by Crippen LogP contribution is -2.24. The minimum Gasteiger partial charge on any atom is -0.447 e. The quantitative estimate of drug-likeness (QED) is 0.868. The van der Waals surface area contributed by atoms with Gasteiger partial charge in [0.15, 0.2) is 0 Å². The van der Waals surface area contributed by atoms with Crippen LogP contribution in [0.25, 0.3) is 0 Å². The van der Waals surface area contributed by atoms with E-state index >= 15 is 0 Å². The summed E-state index contributed by atoms with van der Waals surface area (Å²) >= 11 is 0. The predicted octanol–water partition coefficient (Wildman–Crippen LogP) is 0.733. The molecule has 1 aromatic rings. The van der Waals surface area contributed by atoms with Crippen LogP contribution in [0.1, 0.15) is 19.1 Å². The standard InChI is InChI=1S/C13H22N2O4S/c1-10(16)11-6-7-15(8-11)9-12-4-5-13(19-12)20(17,18)14(2)3/h4-5,10-11,16H,6-9H2,1-3H3. The van der Waals surface area contributed by atoms with Gasteiger partial charge in [0, 0.05) is 20.6 Å². The Kier molecular flexibility index (Phi) is 4.53. The van der Waals surface area contributed by atoms with Gasteiger partial charge in [-0.15, -0.1) is 0 Å². The molecule has 7 heteroatoms. The van der Waals surface area contributed by atoms with Crippen LogP contribution >= 0.6 is 0 Å². The lowest BCUT2D eigenvalue weighted by atomic mass is 10.0. The minimum atomic E-state index is -3.51. The molecule has 2 atom stereocenters. The molecule has 1 aliphatic rings. The maximum Gasteiger partial charge on any atom is 0.275 e. The van der Waals surface area contributed by atoms with Crippen molar-refractivity contribution in [3.63, 3.8) is 0 Å². The normalized spacial score (nSPS) is 22.6. The van der Waals surface area contributed by atoms with Crippen molar-refractivity contribution in [3.8, 4) is 0 Å². The molecule has 1 aliphatic heterocycles. The first kappa shape index (κ1) is 15.5. The number of hydrogen-bond acceptors (Lipinski definition) is 5. The predicted molar refractivity (Wildman–Crippen MR) is 74.6 cm³/mol. The van der Waals surface area contributed by atoms with Crippen molar-refractivity contribution in [2.24, 2.45) is 5.92 Å². The van der Waals surface area contributed by atoms with Gasteiger partial charge in [0.05, 0.1) is 12.6 Å². The van der Waals surface area contributed by atoms with Crippen LogP contribution in [0.2, 0.25) is 0 Å². The Hall–Kier alpha value is -0.890. The van der Waals surface area contributed by atoms with Crippen LogP contribution < -0.4 is 0 Å². The molecule has 1 fully saturated rings. The Labute approximate surface area is 120 Å². The number of nitrogens with zero attached hydrogens (tertiary/aromatic N) is 2. The highest BCUT2D eigenvalue weighted by Crippen LogP contribution is 2.23. The van der Waals surface area contributed by atoms with Gasteiger partial charge in [-0.25, -0.2) is 12.7 Å². The van der Waals surface area contributed by atoms with Gasteiger partial charge >= 0.3 is 0 Å². The van der Waals surface area contributed by atoms with Crippen molar-refractivity contribution >= 4 is 10.0 Å². The molecule has 0 amide bonds. The van der Waals surface area contributed by atoms with E-state index in [1.165, 1.54) is 20.2 Å². The summed E-state index contributed by atoms with van der Waals surface area (Å²) < 4.78 is 30.4. The molecule has 1 N–H and O–H groups in total. The zero-order valence-electron chi connectivity index (χ0n) is 12.1. The Balaban J connectivity index is 2.01. The van der Waals surface area contributed by atoms with Gasteiger partial charge in [-0.1, -0.05) is 0 Å². The summed E-state index contributed by atoms with van der Waals surface area (Å²) in [5, 5.41) is 9.55. The lowest BCUT2D eigenvalue weighted by Gasteiger charge is -2.16. The molecule has 20 heavy (non-hydrogen) atoms.